The molecule has 0 fully saturated rings. The summed E-state index contributed by atoms with van der Waals surface area (Å²) in [6.45, 7) is 1.45. The number of nitrogens with zero attached hydrogens (tertiary/aromatic N) is 2. The highest BCUT2D eigenvalue weighted by molar-refractivity contribution is 6.03. The maximum Gasteiger partial charge on any atom is 0.276 e. The molecule has 2 amide bonds. The molecule has 0 spiro atoms. The molecule has 1 heterocycles. The fourth-order valence-electron chi connectivity index (χ4n) is 2.40. The Morgan fingerprint density at radius 3 is 2.00 bits per heavy atom. The Bertz CT molecular complexity index is 1080. The van der Waals surface area contributed by atoms with Gasteiger partial charge in [0.15, 0.2) is 5.69 Å². The third-order valence-electron chi connectivity index (χ3n) is 3.99. The van der Waals surface area contributed by atoms with Crippen LogP contribution in [0.5, 0.6) is 0 Å². The summed E-state index contributed by atoms with van der Waals surface area (Å²) in [7, 11) is 0. The number of carbonyl (C=O) groups excluding carboxylic acids is 2. The summed E-state index contributed by atoms with van der Waals surface area (Å²) < 4.78 is 54.3. The molecule has 0 radical (unpaired) electrons. The van der Waals surface area contributed by atoms with Gasteiger partial charge in [0.1, 0.15) is 29.3 Å². The smallest absolute Gasteiger partial charge is 0.276 e. The molecule has 1 aromatic heterocycles. The number of anilines is 2. The lowest BCUT2D eigenvalue weighted by molar-refractivity contribution is -0.119. The molecule has 0 saturated heterocycles. The molecule has 0 bridgehead atoms. The minimum absolute atomic E-state index is 0.124. The number of rotatable bonds is 5. The Kier molecular flexibility index (Phi) is 5.62. The average Bonchev–Trinajstić information content (AvgIpc) is 3.16. The monoisotopic (exact) mass is 406 g/mol. The highest BCUT2D eigenvalue weighted by Crippen LogP contribution is 2.18. The molecule has 2 aromatic carbocycles. The molecule has 1 atom stereocenters. The number of aromatic nitrogens is 2. The van der Waals surface area contributed by atoms with Crippen molar-refractivity contribution in [2.75, 3.05) is 10.6 Å². The van der Waals surface area contributed by atoms with Crippen LogP contribution in [0, 0.1) is 23.3 Å². The van der Waals surface area contributed by atoms with Crippen molar-refractivity contribution in [1.82, 2.24) is 9.78 Å². The fourth-order valence-corrected chi connectivity index (χ4v) is 2.40. The van der Waals surface area contributed by atoms with Crippen molar-refractivity contribution in [2.24, 2.45) is 0 Å². The highest BCUT2D eigenvalue weighted by atomic mass is 19.1. The van der Waals surface area contributed by atoms with Crippen molar-refractivity contribution >= 4 is 23.2 Å². The van der Waals surface area contributed by atoms with Gasteiger partial charge in [-0.2, -0.15) is 5.10 Å². The van der Waals surface area contributed by atoms with E-state index in [2.05, 4.69) is 15.7 Å². The Hall–Kier alpha value is -3.69. The van der Waals surface area contributed by atoms with Crippen molar-refractivity contribution in [3.8, 4) is 0 Å². The van der Waals surface area contributed by atoms with Crippen molar-refractivity contribution in [1.29, 1.82) is 0 Å². The molecule has 10 heteroatoms. The van der Waals surface area contributed by atoms with E-state index in [0.29, 0.717) is 12.1 Å². The number of nitrogens with one attached hydrogen (secondary N) is 2. The minimum atomic E-state index is -0.952. The third-order valence-corrected chi connectivity index (χ3v) is 3.99. The maximum atomic E-state index is 13.7. The summed E-state index contributed by atoms with van der Waals surface area (Å²) in [6.07, 6.45) is 1.33. The molecule has 0 aliphatic heterocycles. The van der Waals surface area contributed by atoms with E-state index in [1.165, 1.54) is 19.2 Å². The average molecular weight is 406 g/mol. The van der Waals surface area contributed by atoms with Crippen molar-refractivity contribution in [2.45, 2.75) is 13.0 Å². The number of amides is 2. The van der Waals surface area contributed by atoms with Crippen LogP contribution in [-0.4, -0.2) is 21.6 Å². The fraction of sp³-hybridized carbons (Fsp3) is 0.105. The van der Waals surface area contributed by atoms with Crippen molar-refractivity contribution in [3.63, 3.8) is 0 Å². The number of hydrogen-bond acceptors (Lipinski definition) is 3. The zero-order chi connectivity index (χ0) is 21.1. The molecule has 0 aliphatic rings. The molecule has 0 aliphatic carbocycles. The number of hydrogen-bond donors (Lipinski definition) is 2. The highest BCUT2D eigenvalue weighted by Gasteiger charge is 2.20. The minimum Gasteiger partial charge on any atom is -0.322 e. The summed E-state index contributed by atoms with van der Waals surface area (Å²) in [4.78, 5) is 24.5. The van der Waals surface area contributed by atoms with Gasteiger partial charge in [-0.05, 0) is 37.3 Å². The first-order chi connectivity index (χ1) is 13.7. The summed E-state index contributed by atoms with van der Waals surface area (Å²) in [5.74, 6) is -4.89. The molecule has 0 unspecified atom stereocenters. The second-order valence-corrected chi connectivity index (χ2v) is 6.05. The van der Waals surface area contributed by atoms with Crippen molar-refractivity contribution < 1.29 is 27.2 Å². The van der Waals surface area contributed by atoms with Gasteiger partial charge < -0.3 is 10.6 Å². The zero-order valence-corrected chi connectivity index (χ0v) is 14.9. The van der Waals surface area contributed by atoms with Crippen LogP contribution in [0.4, 0.5) is 28.9 Å². The zero-order valence-electron chi connectivity index (χ0n) is 14.9. The first-order valence-electron chi connectivity index (χ1n) is 8.32. The lowest BCUT2D eigenvalue weighted by Crippen LogP contribution is -2.25. The van der Waals surface area contributed by atoms with Crippen LogP contribution in [0.2, 0.25) is 0 Å². The lowest BCUT2D eigenvalue weighted by Gasteiger charge is -2.13. The van der Waals surface area contributed by atoms with Crippen LogP contribution in [0.15, 0.2) is 48.7 Å². The van der Waals surface area contributed by atoms with E-state index in [9.17, 15) is 27.2 Å². The van der Waals surface area contributed by atoms with Crippen LogP contribution in [0.25, 0.3) is 0 Å². The van der Waals surface area contributed by atoms with Crippen LogP contribution in [0.1, 0.15) is 23.5 Å². The van der Waals surface area contributed by atoms with E-state index in [0.717, 1.165) is 28.9 Å². The molecule has 0 saturated carbocycles. The van der Waals surface area contributed by atoms with Gasteiger partial charge in [0.25, 0.3) is 5.91 Å². The third kappa shape index (κ3) is 4.60. The van der Waals surface area contributed by atoms with Gasteiger partial charge in [0.2, 0.25) is 5.91 Å². The first-order valence-corrected chi connectivity index (χ1v) is 8.32. The molecule has 6 nitrogen and oxygen atoms in total. The Morgan fingerprint density at radius 1 is 0.897 bits per heavy atom. The van der Waals surface area contributed by atoms with E-state index < -0.39 is 41.1 Å². The van der Waals surface area contributed by atoms with Gasteiger partial charge in [-0.25, -0.2) is 17.6 Å². The van der Waals surface area contributed by atoms with Gasteiger partial charge in [0, 0.05) is 18.3 Å². The molecule has 3 rings (SSSR count). The van der Waals surface area contributed by atoms with E-state index in [1.54, 1.807) is 0 Å². The Morgan fingerprint density at radius 2 is 1.45 bits per heavy atom. The van der Waals surface area contributed by atoms with E-state index in [4.69, 9.17) is 0 Å². The van der Waals surface area contributed by atoms with Gasteiger partial charge >= 0.3 is 0 Å². The van der Waals surface area contributed by atoms with E-state index in [1.807, 2.05) is 0 Å². The summed E-state index contributed by atoms with van der Waals surface area (Å²) in [5.41, 5.74) is -0.565. The predicted octanol–water partition coefficient (Wildman–Crippen LogP) is 3.89. The topological polar surface area (TPSA) is 76.0 Å². The van der Waals surface area contributed by atoms with Crippen LogP contribution >= 0.6 is 0 Å². The van der Waals surface area contributed by atoms with Gasteiger partial charge in [-0.1, -0.05) is 0 Å². The molecule has 150 valence electrons. The summed E-state index contributed by atoms with van der Waals surface area (Å²) >= 11 is 0. The van der Waals surface area contributed by atoms with Crippen LogP contribution < -0.4 is 10.6 Å². The number of halogens is 4. The standard InChI is InChI=1S/C19H14F4N4O2/c1-10(18(28)24-15-4-2-11(20)8-13(15)22)27-7-6-17(26-27)19(29)25-16-5-3-12(21)9-14(16)23/h2-10H,1H3,(H,24,28)(H,25,29)/t10-/m0/s1. The van der Waals surface area contributed by atoms with E-state index in [-0.39, 0.29) is 17.1 Å². The normalized spacial score (nSPS) is 11.8. The molecule has 2 N–H and O–H groups in total. The largest absolute Gasteiger partial charge is 0.322 e. The SMILES string of the molecule is C[C@@H](C(=O)Nc1ccc(F)cc1F)n1ccc(C(=O)Nc2ccc(F)cc2F)n1. The first kappa shape index (κ1) is 20.1. The Labute approximate surface area is 162 Å². The van der Waals surface area contributed by atoms with Crippen LogP contribution in [-0.2, 0) is 4.79 Å². The molecular formula is C19H14F4N4O2. The second kappa shape index (κ2) is 8.13. The summed E-state index contributed by atoms with van der Waals surface area (Å²) in [6, 6.07) is 5.72. The predicted molar refractivity (Wildman–Crippen MR) is 96.2 cm³/mol. The summed E-state index contributed by atoms with van der Waals surface area (Å²) in [5, 5.41) is 8.49. The van der Waals surface area contributed by atoms with E-state index >= 15 is 0 Å². The van der Waals surface area contributed by atoms with Gasteiger partial charge in [-0.3, -0.25) is 14.3 Å². The molecule has 29 heavy (non-hydrogen) atoms. The maximum absolute atomic E-state index is 13.7. The number of benzene rings is 2. The quantitative estimate of drug-likeness (QED) is 0.632. The Balaban J connectivity index is 1.69. The second-order valence-electron chi connectivity index (χ2n) is 6.05. The van der Waals surface area contributed by atoms with Crippen LogP contribution in [0.3, 0.4) is 0 Å². The number of carbonyl (C=O) groups is 2. The van der Waals surface area contributed by atoms with Gasteiger partial charge in [-0.15, -0.1) is 0 Å². The van der Waals surface area contributed by atoms with Crippen molar-refractivity contribution in [3.05, 3.63) is 77.6 Å². The van der Waals surface area contributed by atoms with Gasteiger partial charge in [0.05, 0.1) is 11.4 Å². The lowest BCUT2D eigenvalue weighted by atomic mass is 10.2. The molecule has 3 aromatic rings. The molecular weight excluding hydrogens is 392 g/mol.